The van der Waals surface area contributed by atoms with Gasteiger partial charge in [0.05, 0.1) is 12.2 Å². The number of carbonyl (C=O) groups is 1. The van der Waals surface area contributed by atoms with Crippen LogP contribution in [0.2, 0.25) is 5.02 Å². The van der Waals surface area contributed by atoms with E-state index in [9.17, 15) is 14.4 Å². The zero-order valence-corrected chi connectivity index (χ0v) is 17.2. The van der Waals surface area contributed by atoms with Gasteiger partial charge in [-0.25, -0.2) is 4.79 Å². The molecule has 29 heavy (non-hydrogen) atoms. The van der Waals surface area contributed by atoms with Gasteiger partial charge in [-0.1, -0.05) is 41.4 Å². The Balaban J connectivity index is 2.24. The molecule has 0 aliphatic carbocycles. The van der Waals surface area contributed by atoms with Crippen LogP contribution in [-0.2, 0) is 6.54 Å². The average molecular weight is 413 g/mol. The molecule has 0 bridgehead atoms. The molecule has 2 aromatic carbocycles. The highest BCUT2D eigenvalue weighted by Crippen LogP contribution is 2.11. The highest BCUT2D eigenvalue weighted by atomic mass is 35.5. The third-order valence-corrected chi connectivity index (χ3v) is 4.83. The first-order valence-corrected chi connectivity index (χ1v) is 9.50. The summed E-state index contributed by atoms with van der Waals surface area (Å²) < 4.78 is 2.09. The van der Waals surface area contributed by atoms with Crippen LogP contribution in [0.3, 0.4) is 0 Å². The maximum absolute atomic E-state index is 13.1. The monoisotopic (exact) mass is 412 g/mol. The van der Waals surface area contributed by atoms with E-state index < -0.39 is 17.2 Å². The lowest BCUT2D eigenvalue weighted by molar-refractivity contribution is 0.0791. The lowest BCUT2D eigenvalue weighted by Gasteiger charge is -2.16. The molecule has 0 fully saturated rings. The molecule has 1 amide bonds. The van der Waals surface area contributed by atoms with Gasteiger partial charge in [-0.15, -0.1) is 0 Å². The number of amides is 1. The van der Waals surface area contributed by atoms with Gasteiger partial charge in [0.2, 0.25) is 5.69 Å². The van der Waals surface area contributed by atoms with Crippen LogP contribution in [0, 0.1) is 6.92 Å². The van der Waals surface area contributed by atoms with Crippen LogP contribution in [0.15, 0.2) is 58.1 Å². The normalized spacial score (nSPS) is 10.8. The predicted molar refractivity (Wildman–Crippen MR) is 112 cm³/mol. The van der Waals surface area contributed by atoms with Crippen LogP contribution in [0.25, 0.3) is 5.69 Å². The predicted octanol–water partition coefficient (Wildman–Crippen LogP) is 2.50. The van der Waals surface area contributed by atoms with Crippen molar-refractivity contribution >= 4 is 17.5 Å². The first-order chi connectivity index (χ1) is 13.8. The number of halogens is 1. The van der Waals surface area contributed by atoms with E-state index in [0.717, 1.165) is 20.4 Å². The van der Waals surface area contributed by atoms with Crippen molar-refractivity contribution in [3.05, 3.63) is 91.2 Å². The van der Waals surface area contributed by atoms with Crippen LogP contribution < -0.4 is 11.2 Å². The SMILES string of the molecule is CCN(C)C(=O)c1nn(-c2ccc(Cl)cc2)c(=O)n(Cc2cccc(C)c2)c1=O. The second-order valence-electron chi connectivity index (χ2n) is 6.72. The van der Waals surface area contributed by atoms with Gasteiger partial charge in [0, 0.05) is 18.6 Å². The first-order valence-electron chi connectivity index (χ1n) is 9.13. The third-order valence-electron chi connectivity index (χ3n) is 4.58. The number of aryl methyl sites for hydroxylation is 1. The zero-order chi connectivity index (χ0) is 21.1. The molecule has 1 heterocycles. The molecule has 0 radical (unpaired) electrons. The molecule has 3 aromatic rings. The van der Waals surface area contributed by atoms with Gasteiger partial charge in [0.1, 0.15) is 0 Å². The zero-order valence-electron chi connectivity index (χ0n) is 16.4. The van der Waals surface area contributed by atoms with E-state index in [1.807, 2.05) is 31.2 Å². The van der Waals surface area contributed by atoms with Crippen LogP contribution in [-0.4, -0.2) is 38.7 Å². The van der Waals surface area contributed by atoms with Crippen LogP contribution in [0.5, 0.6) is 0 Å². The summed E-state index contributed by atoms with van der Waals surface area (Å²) in [5.74, 6) is -0.543. The Labute approximate surface area is 172 Å². The highest BCUT2D eigenvalue weighted by molar-refractivity contribution is 6.30. The van der Waals surface area contributed by atoms with Crippen LogP contribution in [0.1, 0.15) is 28.5 Å². The number of aromatic nitrogens is 3. The second kappa shape index (κ2) is 8.45. The number of rotatable bonds is 5. The molecule has 150 valence electrons. The van der Waals surface area contributed by atoms with E-state index >= 15 is 0 Å². The van der Waals surface area contributed by atoms with Crippen LogP contribution >= 0.6 is 11.6 Å². The molecule has 0 aliphatic rings. The molecular formula is C21H21ClN4O3. The second-order valence-corrected chi connectivity index (χ2v) is 7.16. The smallest absolute Gasteiger partial charge is 0.340 e. The van der Waals surface area contributed by atoms with Gasteiger partial charge in [0.15, 0.2) is 0 Å². The Hall–Kier alpha value is -3.19. The standard InChI is InChI=1S/C21H21ClN4O3/c1-4-24(3)19(27)18-20(28)25(13-15-7-5-6-14(2)12-15)21(29)26(23-18)17-10-8-16(22)9-11-17/h5-12H,4,13H2,1-3H3. The molecule has 7 nitrogen and oxygen atoms in total. The van der Waals surface area contributed by atoms with E-state index in [1.165, 1.54) is 4.90 Å². The van der Waals surface area contributed by atoms with Gasteiger partial charge < -0.3 is 4.90 Å². The van der Waals surface area contributed by atoms with Gasteiger partial charge in [-0.2, -0.15) is 9.78 Å². The van der Waals surface area contributed by atoms with Gasteiger partial charge in [0.25, 0.3) is 11.5 Å². The van der Waals surface area contributed by atoms with E-state index in [4.69, 9.17) is 11.6 Å². The van der Waals surface area contributed by atoms with Crippen molar-refractivity contribution in [3.63, 3.8) is 0 Å². The quantitative estimate of drug-likeness (QED) is 0.645. The fraction of sp³-hybridized carbons (Fsp3) is 0.238. The third kappa shape index (κ3) is 4.30. The minimum Gasteiger partial charge on any atom is -0.340 e. The number of carbonyl (C=O) groups excluding carboxylic acids is 1. The largest absolute Gasteiger partial charge is 0.352 e. The minimum atomic E-state index is -0.716. The average Bonchev–Trinajstić information content (AvgIpc) is 2.71. The molecule has 0 aliphatic heterocycles. The summed E-state index contributed by atoms with van der Waals surface area (Å²) in [5, 5.41) is 4.59. The van der Waals surface area contributed by atoms with Crippen molar-refractivity contribution in [2.45, 2.75) is 20.4 Å². The van der Waals surface area contributed by atoms with E-state index in [-0.39, 0.29) is 12.2 Å². The number of benzene rings is 2. The summed E-state index contributed by atoms with van der Waals surface area (Å²) >= 11 is 5.94. The number of nitrogens with zero attached hydrogens (tertiary/aromatic N) is 4. The lowest BCUT2D eigenvalue weighted by atomic mass is 10.1. The van der Waals surface area contributed by atoms with E-state index in [1.54, 1.807) is 38.2 Å². The molecule has 0 spiro atoms. The van der Waals surface area contributed by atoms with Gasteiger partial charge in [-0.3, -0.25) is 14.2 Å². The molecule has 0 atom stereocenters. The summed E-state index contributed by atoms with van der Waals surface area (Å²) in [4.78, 5) is 40.2. The van der Waals surface area contributed by atoms with Gasteiger partial charge >= 0.3 is 5.69 Å². The Morgan fingerprint density at radius 1 is 1.14 bits per heavy atom. The fourth-order valence-corrected chi connectivity index (χ4v) is 2.98. The van der Waals surface area contributed by atoms with Crippen molar-refractivity contribution < 1.29 is 4.79 Å². The summed E-state index contributed by atoms with van der Waals surface area (Å²) in [5.41, 5.74) is 0.536. The maximum atomic E-state index is 13.1. The molecule has 0 saturated heterocycles. The highest BCUT2D eigenvalue weighted by Gasteiger charge is 2.22. The molecule has 8 heteroatoms. The Bertz CT molecular complexity index is 1170. The summed E-state index contributed by atoms with van der Waals surface area (Å²) in [6, 6.07) is 13.9. The van der Waals surface area contributed by atoms with Crippen molar-refractivity contribution in [1.82, 2.24) is 19.2 Å². The molecule has 0 N–H and O–H groups in total. The van der Waals surface area contributed by atoms with Crippen molar-refractivity contribution in [2.24, 2.45) is 0 Å². The molecule has 1 aromatic heterocycles. The maximum Gasteiger partial charge on any atom is 0.352 e. The number of hydrogen-bond acceptors (Lipinski definition) is 4. The minimum absolute atomic E-state index is 0.0333. The summed E-state index contributed by atoms with van der Waals surface area (Å²) in [6.45, 7) is 4.15. The topological polar surface area (TPSA) is 77.2 Å². The van der Waals surface area contributed by atoms with E-state index in [2.05, 4.69) is 5.10 Å². The Kier molecular flexibility index (Phi) is 5.98. The fourth-order valence-electron chi connectivity index (χ4n) is 2.86. The molecule has 0 saturated carbocycles. The van der Waals surface area contributed by atoms with Crippen molar-refractivity contribution in [3.8, 4) is 5.69 Å². The molecule has 0 unspecified atom stereocenters. The van der Waals surface area contributed by atoms with Crippen molar-refractivity contribution in [1.29, 1.82) is 0 Å². The number of hydrogen-bond donors (Lipinski definition) is 0. The summed E-state index contributed by atoms with van der Waals surface area (Å²) in [6.07, 6.45) is 0. The Morgan fingerprint density at radius 3 is 2.45 bits per heavy atom. The van der Waals surface area contributed by atoms with Crippen LogP contribution in [0.4, 0.5) is 0 Å². The summed E-state index contributed by atoms with van der Waals surface area (Å²) in [7, 11) is 1.58. The lowest BCUT2D eigenvalue weighted by Crippen LogP contribution is -2.46. The van der Waals surface area contributed by atoms with E-state index in [0.29, 0.717) is 17.3 Å². The molecule has 3 rings (SSSR count). The molecular weight excluding hydrogens is 392 g/mol. The first kappa shape index (κ1) is 20.5. The van der Waals surface area contributed by atoms with Gasteiger partial charge in [-0.05, 0) is 43.7 Å². The Morgan fingerprint density at radius 2 is 1.83 bits per heavy atom. The van der Waals surface area contributed by atoms with Crippen molar-refractivity contribution in [2.75, 3.05) is 13.6 Å².